The molecule has 0 unspecified atom stereocenters. The second kappa shape index (κ2) is 8.46. The first-order valence-corrected chi connectivity index (χ1v) is 9.84. The van der Waals surface area contributed by atoms with Crippen molar-refractivity contribution in [1.82, 2.24) is 9.97 Å². The maximum absolute atomic E-state index is 15.2. The van der Waals surface area contributed by atoms with Crippen LogP contribution < -0.4 is 0 Å². The molecule has 2 heterocycles. The van der Waals surface area contributed by atoms with Gasteiger partial charge in [-0.15, -0.1) is 0 Å². The molecule has 0 atom stereocenters. The molecule has 0 bridgehead atoms. The number of hydrogen-bond donors (Lipinski definition) is 1. The van der Waals surface area contributed by atoms with Crippen molar-refractivity contribution in [2.45, 2.75) is 16.2 Å². The lowest BCUT2D eigenvalue weighted by atomic mass is 10.0. The highest BCUT2D eigenvalue weighted by molar-refractivity contribution is 7.99. The fourth-order valence-electron chi connectivity index (χ4n) is 2.90. The first-order chi connectivity index (χ1) is 15.2. The number of carboxylic acid groups (broad SMARTS) is 1. The number of aromatic carboxylic acids is 1. The van der Waals surface area contributed by atoms with Crippen LogP contribution in [0.25, 0.3) is 22.6 Å². The average molecular weight is 460 g/mol. The van der Waals surface area contributed by atoms with Crippen LogP contribution in [0.2, 0.25) is 0 Å². The van der Waals surface area contributed by atoms with Crippen molar-refractivity contribution in [2.24, 2.45) is 0 Å². The van der Waals surface area contributed by atoms with Gasteiger partial charge in [-0.05, 0) is 53.7 Å². The molecule has 4 aromatic rings. The predicted molar refractivity (Wildman–Crippen MR) is 108 cm³/mol. The van der Waals surface area contributed by atoms with Crippen molar-refractivity contribution < 1.29 is 31.9 Å². The van der Waals surface area contributed by atoms with Gasteiger partial charge in [-0.2, -0.15) is 13.2 Å². The van der Waals surface area contributed by atoms with Gasteiger partial charge >= 0.3 is 12.1 Å². The van der Waals surface area contributed by atoms with Gasteiger partial charge in [0.05, 0.1) is 16.7 Å². The molecule has 32 heavy (non-hydrogen) atoms. The molecule has 0 radical (unpaired) electrons. The van der Waals surface area contributed by atoms with E-state index in [4.69, 9.17) is 9.52 Å². The molecular formula is C22H12F4N2O3S. The first-order valence-electron chi connectivity index (χ1n) is 9.02. The Labute approximate surface area is 182 Å². The fraction of sp³-hybridized carbons (Fsp3) is 0.0455. The Balaban J connectivity index is 1.75. The molecule has 0 saturated heterocycles. The minimum Gasteiger partial charge on any atom is -0.478 e. The monoisotopic (exact) mass is 460 g/mol. The number of halogens is 4. The molecule has 0 aliphatic heterocycles. The summed E-state index contributed by atoms with van der Waals surface area (Å²) < 4.78 is 60.4. The third-order valence-electron chi connectivity index (χ3n) is 4.35. The maximum atomic E-state index is 15.2. The minimum atomic E-state index is -4.74. The molecule has 2 aromatic carbocycles. The third-order valence-corrected chi connectivity index (χ3v) is 5.26. The zero-order valence-electron chi connectivity index (χ0n) is 15.9. The molecule has 10 heteroatoms. The molecular weight excluding hydrogens is 448 g/mol. The SMILES string of the molecule is O=C(O)c1cccc(-c2cccc(Sc3nc(-c4ccco4)cc(C(F)(F)F)n3)c2F)c1. The van der Waals surface area contributed by atoms with Crippen molar-refractivity contribution in [3.8, 4) is 22.6 Å². The Morgan fingerprint density at radius 3 is 2.47 bits per heavy atom. The van der Waals surface area contributed by atoms with Crippen LogP contribution in [0.4, 0.5) is 17.6 Å². The quantitative estimate of drug-likeness (QED) is 0.274. The van der Waals surface area contributed by atoms with Gasteiger partial charge in [0, 0.05) is 5.56 Å². The summed E-state index contributed by atoms with van der Waals surface area (Å²) in [7, 11) is 0. The van der Waals surface area contributed by atoms with Crippen molar-refractivity contribution >= 4 is 17.7 Å². The van der Waals surface area contributed by atoms with Gasteiger partial charge in [-0.1, -0.05) is 24.3 Å². The Morgan fingerprint density at radius 1 is 1.00 bits per heavy atom. The van der Waals surface area contributed by atoms with Gasteiger partial charge < -0.3 is 9.52 Å². The maximum Gasteiger partial charge on any atom is 0.433 e. The summed E-state index contributed by atoms with van der Waals surface area (Å²) in [6, 6.07) is 13.7. The van der Waals surface area contributed by atoms with Crippen LogP contribution in [-0.4, -0.2) is 21.0 Å². The van der Waals surface area contributed by atoms with Gasteiger partial charge in [0.15, 0.2) is 10.9 Å². The fourth-order valence-corrected chi connectivity index (χ4v) is 3.73. The van der Waals surface area contributed by atoms with E-state index in [1.807, 2.05) is 0 Å². The second-order valence-electron chi connectivity index (χ2n) is 6.50. The zero-order valence-corrected chi connectivity index (χ0v) is 16.7. The first kappa shape index (κ1) is 21.6. The number of benzene rings is 2. The molecule has 0 aliphatic rings. The number of hydrogen-bond acceptors (Lipinski definition) is 5. The van der Waals surface area contributed by atoms with Gasteiger partial charge in [-0.25, -0.2) is 19.2 Å². The molecule has 5 nitrogen and oxygen atoms in total. The van der Waals surface area contributed by atoms with Gasteiger partial charge in [0.25, 0.3) is 0 Å². The minimum absolute atomic E-state index is 0.0204. The second-order valence-corrected chi connectivity index (χ2v) is 7.51. The molecule has 2 aromatic heterocycles. The third kappa shape index (κ3) is 4.50. The van der Waals surface area contributed by atoms with Gasteiger partial charge in [0.1, 0.15) is 17.2 Å². The van der Waals surface area contributed by atoms with Crippen LogP contribution in [0.1, 0.15) is 16.1 Å². The molecule has 1 N–H and O–H groups in total. The summed E-state index contributed by atoms with van der Waals surface area (Å²) in [5.74, 6) is -1.79. The van der Waals surface area contributed by atoms with Crippen molar-refractivity contribution in [3.63, 3.8) is 0 Å². The van der Waals surface area contributed by atoms with E-state index in [0.29, 0.717) is 17.3 Å². The van der Waals surface area contributed by atoms with Crippen LogP contribution in [-0.2, 0) is 6.18 Å². The highest BCUT2D eigenvalue weighted by Crippen LogP contribution is 2.36. The lowest BCUT2D eigenvalue weighted by Gasteiger charge is -2.11. The van der Waals surface area contributed by atoms with E-state index in [0.717, 1.165) is 6.07 Å². The number of alkyl halides is 3. The molecule has 0 saturated carbocycles. The number of rotatable bonds is 5. The number of aromatic nitrogens is 2. The van der Waals surface area contributed by atoms with Crippen LogP contribution in [0.3, 0.4) is 0 Å². The summed E-state index contributed by atoms with van der Waals surface area (Å²) in [4.78, 5) is 18.8. The topological polar surface area (TPSA) is 76.2 Å². The summed E-state index contributed by atoms with van der Waals surface area (Å²) in [6.07, 6.45) is -3.44. The lowest BCUT2D eigenvalue weighted by Crippen LogP contribution is -2.10. The van der Waals surface area contributed by atoms with E-state index in [9.17, 15) is 18.0 Å². The Kier molecular flexibility index (Phi) is 5.70. The number of furan rings is 1. The zero-order chi connectivity index (χ0) is 22.9. The van der Waals surface area contributed by atoms with Crippen LogP contribution in [0, 0.1) is 5.82 Å². The largest absolute Gasteiger partial charge is 0.478 e. The van der Waals surface area contributed by atoms with E-state index < -0.39 is 23.7 Å². The van der Waals surface area contributed by atoms with Crippen LogP contribution in [0.15, 0.2) is 81.4 Å². The Hall–Kier alpha value is -3.66. The summed E-state index contributed by atoms with van der Waals surface area (Å²) in [6.45, 7) is 0. The number of carboxylic acids is 1. The highest BCUT2D eigenvalue weighted by atomic mass is 32.2. The summed E-state index contributed by atoms with van der Waals surface area (Å²) in [5.41, 5.74) is -0.899. The Bertz CT molecular complexity index is 1290. The Morgan fingerprint density at radius 2 is 1.78 bits per heavy atom. The van der Waals surface area contributed by atoms with E-state index >= 15 is 4.39 Å². The lowest BCUT2D eigenvalue weighted by molar-refractivity contribution is -0.141. The molecule has 0 amide bonds. The van der Waals surface area contributed by atoms with E-state index in [1.54, 1.807) is 0 Å². The molecule has 162 valence electrons. The van der Waals surface area contributed by atoms with Crippen molar-refractivity contribution in [1.29, 1.82) is 0 Å². The average Bonchev–Trinajstić information content (AvgIpc) is 3.29. The van der Waals surface area contributed by atoms with E-state index in [2.05, 4.69) is 9.97 Å². The summed E-state index contributed by atoms with van der Waals surface area (Å²) >= 11 is 0.620. The van der Waals surface area contributed by atoms with Crippen LogP contribution >= 0.6 is 11.8 Å². The molecule has 0 fully saturated rings. The highest BCUT2D eigenvalue weighted by Gasteiger charge is 2.34. The van der Waals surface area contributed by atoms with Crippen molar-refractivity contribution in [2.75, 3.05) is 0 Å². The normalized spacial score (nSPS) is 11.5. The number of carbonyl (C=O) groups is 1. The molecule has 0 spiro atoms. The van der Waals surface area contributed by atoms with Crippen LogP contribution in [0.5, 0.6) is 0 Å². The standard InChI is InChI=1S/C22H12F4N2O3S/c23-19-14(12-4-1-5-13(10-12)20(29)30)6-2-8-17(19)32-21-27-15(16-7-3-9-31-16)11-18(28-21)22(24,25)26/h1-11H,(H,29,30). The number of nitrogens with zero attached hydrogens (tertiary/aromatic N) is 2. The van der Waals surface area contributed by atoms with Gasteiger partial charge in [0.2, 0.25) is 0 Å². The smallest absolute Gasteiger partial charge is 0.433 e. The van der Waals surface area contributed by atoms with Crippen molar-refractivity contribution in [3.05, 3.63) is 84.0 Å². The predicted octanol–water partition coefficient (Wildman–Crippen LogP) is 6.41. The van der Waals surface area contributed by atoms with Gasteiger partial charge in [-0.3, -0.25) is 0 Å². The molecule has 0 aliphatic carbocycles. The van der Waals surface area contributed by atoms with E-state index in [1.165, 1.54) is 60.9 Å². The summed E-state index contributed by atoms with van der Waals surface area (Å²) in [5, 5.41) is 8.84. The molecule has 4 rings (SSSR count). The van der Waals surface area contributed by atoms with E-state index in [-0.39, 0.29) is 32.6 Å².